The number of halogens is 2. The molecule has 27 heavy (non-hydrogen) atoms. The molecule has 140 valence electrons. The number of nitrogens with zero attached hydrogens (tertiary/aromatic N) is 3. The van der Waals surface area contributed by atoms with E-state index < -0.39 is 10.0 Å². The molecule has 0 unspecified atom stereocenters. The first-order chi connectivity index (χ1) is 13.0. The fraction of sp³-hybridized carbons (Fsp3) is 0.211. The van der Waals surface area contributed by atoms with Crippen LogP contribution in [0.4, 0.5) is 10.1 Å². The van der Waals surface area contributed by atoms with Crippen molar-refractivity contribution in [3.05, 3.63) is 65.6 Å². The maximum Gasteiger partial charge on any atom is 0.243 e. The van der Waals surface area contributed by atoms with Gasteiger partial charge < -0.3 is 4.90 Å². The summed E-state index contributed by atoms with van der Waals surface area (Å²) >= 11 is 6.16. The number of hydrogen-bond acceptors (Lipinski definition) is 4. The first kappa shape index (κ1) is 18.2. The molecule has 1 aliphatic heterocycles. The van der Waals surface area contributed by atoms with Crippen LogP contribution in [0.25, 0.3) is 10.9 Å². The van der Waals surface area contributed by atoms with Crippen molar-refractivity contribution in [1.29, 1.82) is 0 Å². The third-order valence-corrected chi connectivity index (χ3v) is 6.99. The van der Waals surface area contributed by atoms with E-state index in [-0.39, 0.29) is 10.7 Å². The Kier molecular flexibility index (Phi) is 4.75. The van der Waals surface area contributed by atoms with Gasteiger partial charge in [0, 0.05) is 43.4 Å². The summed E-state index contributed by atoms with van der Waals surface area (Å²) < 4.78 is 40.9. The predicted molar refractivity (Wildman–Crippen MR) is 104 cm³/mol. The largest absolute Gasteiger partial charge is 0.369 e. The smallest absolute Gasteiger partial charge is 0.243 e. The van der Waals surface area contributed by atoms with Gasteiger partial charge in [-0.2, -0.15) is 4.31 Å². The monoisotopic (exact) mass is 405 g/mol. The van der Waals surface area contributed by atoms with Crippen molar-refractivity contribution < 1.29 is 12.8 Å². The number of benzene rings is 2. The number of hydrogen-bond donors (Lipinski definition) is 0. The van der Waals surface area contributed by atoms with Gasteiger partial charge in [0.2, 0.25) is 10.0 Å². The first-order valence-corrected chi connectivity index (χ1v) is 10.3. The first-order valence-electron chi connectivity index (χ1n) is 8.51. The van der Waals surface area contributed by atoms with Crippen LogP contribution in [0.3, 0.4) is 0 Å². The zero-order valence-electron chi connectivity index (χ0n) is 14.3. The molecule has 1 aliphatic rings. The Morgan fingerprint density at radius 2 is 1.67 bits per heavy atom. The molecule has 0 spiro atoms. The maximum atomic E-state index is 13.2. The van der Waals surface area contributed by atoms with E-state index >= 15 is 0 Å². The molecular formula is C19H17ClFN3O2S. The number of rotatable bonds is 3. The summed E-state index contributed by atoms with van der Waals surface area (Å²) in [6.07, 6.45) is 1.59. The minimum atomic E-state index is -3.67. The molecule has 8 heteroatoms. The minimum absolute atomic E-state index is 0.213. The van der Waals surface area contributed by atoms with E-state index in [9.17, 15) is 12.8 Å². The lowest BCUT2D eigenvalue weighted by Gasteiger charge is -2.35. The molecule has 1 saturated heterocycles. The molecular weight excluding hydrogens is 389 g/mol. The quantitative estimate of drug-likeness (QED) is 0.668. The molecule has 0 aliphatic carbocycles. The highest BCUT2D eigenvalue weighted by molar-refractivity contribution is 7.89. The minimum Gasteiger partial charge on any atom is -0.369 e. The summed E-state index contributed by atoms with van der Waals surface area (Å²) in [6, 6.07) is 12.7. The number of anilines is 1. The van der Waals surface area contributed by atoms with Gasteiger partial charge in [-0.3, -0.25) is 4.98 Å². The van der Waals surface area contributed by atoms with E-state index in [2.05, 4.69) is 4.98 Å². The Balaban J connectivity index is 1.59. The zero-order chi connectivity index (χ0) is 19.0. The van der Waals surface area contributed by atoms with Gasteiger partial charge in [-0.1, -0.05) is 11.6 Å². The summed E-state index contributed by atoms with van der Waals surface area (Å²) in [5.41, 5.74) is 1.36. The Hall–Kier alpha value is -2.22. The van der Waals surface area contributed by atoms with Crippen LogP contribution in [0.5, 0.6) is 0 Å². The molecule has 0 radical (unpaired) electrons. The van der Waals surface area contributed by atoms with Crippen molar-refractivity contribution in [2.24, 2.45) is 0 Å². The van der Waals surface area contributed by atoms with Gasteiger partial charge >= 0.3 is 0 Å². The van der Waals surface area contributed by atoms with E-state index in [0.29, 0.717) is 42.1 Å². The standard InChI is InChI=1S/C19H17ClFN3O2S/c20-17-7-8-18(16-2-1-9-22-19(16)17)27(25,26)24-12-10-23(11-13-24)15-5-3-14(21)4-6-15/h1-9H,10-13H2. The number of sulfonamides is 1. The molecule has 2 aromatic carbocycles. The molecule has 2 heterocycles. The Morgan fingerprint density at radius 1 is 0.963 bits per heavy atom. The Labute approximate surface area is 162 Å². The Bertz CT molecular complexity index is 1080. The van der Waals surface area contributed by atoms with Crippen LogP contribution in [0.1, 0.15) is 0 Å². The maximum absolute atomic E-state index is 13.2. The van der Waals surface area contributed by atoms with Crippen LogP contribution in [-0.4, -0.2) is 43.9 Å². The normalized spacial score (nSPS) is 16.0. The summed E-state index contributed by atoms with van der Waals surface area (Å²) in [5, 5.41) is 0.941. The van der Waals surface area contributed by atoms with E-state index in [0.717, 1.165) is 5.69 Å². The van der Waals surface area contributed by atoms with Gasteiger partial charge in [0.05, 0.1) is 15.4 Å². The van der Waals surface area contributed by atoms with Gasteiger partial charge in [0.15, 0.2) is 0 Å². The van der Waals surface area contributed by atoms with Crippen LogP contribution in [0.15, 0.2) is 59.6 Å². The van der Waals surface area contributed by atoms with Crippen LogP contribution in [0.2, 0.25) is 5.02 Å². The van der Waals surface area contributed by atoms with Crippen molar-refractivity contribution in [3.63, 3.8) is 0 Å². The lowest BCUT2D eigenvalue weighted by Crippen LogP contribution is -2.48. The average Bonchev–Trinajstić information content (AvgIpc) is 2.69. The predicted octanol–water partition coefficient (Wildman–Crippen LogP) is 3.54. The van der Waals surface area contributed by atoms with Gasteiger partial charge in [-0.05, 0) is 48.5 Å². The summed E-state index contributed by atoms with van der Waals surface area (Å²) in [4.78, 5) is 6.47. The van der Waals surface area contributed by atoms with E-state index in [1.54, 1.807) is 36.5 Å². The summed E-state index contributed by atoms with van der Waals surface area (Å²) in [7, 11) is -3.67. The second-order valence-corrected chi connectivity index (χ2v) is 8.63. The molecule has 0 amide bonds. The molecule has 0 atom stereocenters. The van der Waals surface area contributed by atoms with Crippen LogP contribution >= 0.6 is 11.6 Å². The topological polar surface area (TPSA) is 53.5 Å². The van der Waals surface area contributed by atoms with Crippen molar-refractivity contribution in [3.8, 4) is 0 Å². The lowest BCUT2D eigenvalue weighted by molar-refractivity contribution is 0.385. The average molecular weight is 406 g/mol. The molecule has 3 aromatic rings. The van der Waals surface area contributed by atoms with Crippen molar-refractivity contribution in [2.75, 3.05) is 31.1 Å². The van der Waals surface area contributed by atoms with Crippen molar-refractivity contribution in [2.45, 2.75) is 4.90 Å². The van der Waals surface area contributed by atoms with Gasteiger partial charge in [-0.15, -0.1) is 0 Å². The molecule has 1 aromatic heterocycles. The van der Waals surface area contributed by atoms with Crippen LogP contribution in [0, 0.1) is 5.82 Å². The van der Waals surface area contributed by atoms with Crippen LogP contribution in [-0.2, 0) is 10.0 Å². The van der Waals surface area contributed by atoms with Crippen LogP contribution < -0.4 is 4.90 Å². The third-order valence-electron chi connectivity index (χ3n) is 4.73. The molecule has 1 fully saturated rings. The highest BCUT2D eigenvalue weighted by atomic mass is 35.5. The molecule has 0 bridgehead atoms. The fourth-order valence-electron chi connectivity index (χ4n) is 3.31. The molecule has 5 nitrogen and oxygen atoms in total. The zero-order valence-corrected chi connectivity index (χ0v) is 15.9. The fourth-order valence-corrected chi connectivity index (χ4v) is 5.13. The SMILES string of the molecule is O=S(=O)(c1ccc(Cl)c2ncccc12)N1CCN(c2ccc(F)cc2)CC1. The van der Waals surface area contributed by atoms with E-state index in [4.69, 9.17) is 11.6 Å². The second-order valence-electron chi connectivity index (χ2n) is 6.31. The highest BCUT2D eigenvalue weighted by Gasteiger charge is 2.30. The highest BCUT2D eigenvalue weighted by Crippen LogP contribution is 2.30. The van der Waals surface area contributed by atoms with E-state index in [1.165, 1.54) is 22.5 Å². The van der Waals surface area contributed by atoms with Gasteiger partial charge in [0.1, 0.15) is 5.82 Å². The third kappa shape index (κ3) is 3.38. The van der Waals surface area contributed by atoms with Crippen molar-refractivity contribution >= 4 is 38.2 Å². The van der Waals surface area contributed by atoms with Gasteiger partial charge in [-0.25, -0.2) is 12.8 Å². The van der Waals surface area contributed by atoms with Crippen molar-refractivity contribution in [1.82, 2.24) is 9.29 Å². The second kappa shape index (κ2) is 7.07. The van der Waals surface area contributed by atoms with Gasteiger partial charge in [0.25, 0.3) is 0 Å². The Morgan fingerprint density at radius 3 is 2.37 bits per heavy atom. The molecule has 4 rings (SSSR count). The summed E-state index contributed by atoms with van der Waals surface area (Å²) in [5.74, 6) is -0.289. The lowest BCUT2D eigenvalue weighted by atomic mass is 10.2. The molecule has 0 saturated carbocycles. The number of piperazine rings is 1. The number of pyridine rings is 1. The molecule has 0 N–H and O–H groups in total. The van der Waals surface area contributed by atoms with E-state index in [1.807, 2.05) is 4.90 Å². The number of aromatic nitrogens is 1. The summed E-state index contributed by atoms with van der Waals surface area (Å²) in [6.45, 7) is 1.78. The number of fused-ring (bicyclic) bond motifs is 1.